The van der Waals surface area contributed by atoms with E-state index in [0.29, 0.717) is 33.8 Å². The zero-order valence-electron chi connectivity index (χ0n) is 18.0. The van der Waals surface area contributed by atoms with Crippen LogP contribution in [0.3, 0.4) is 0 Å². The molecule has 0 bridgehead atoms. The third-order valence-electron chi connectivity index (χ3n) is 5.01. The maximum absolute atomic E-state index is 13.3. The van der Waals surface area contributed by atoms with E-state index in [0.717, 1.165) is 22.9 Å². The van der Waals surface area contributed by atoms with Crippen LogP contribution in [0.2, 0.25) is 0 Å². The highest BCUT2D eigenvalue weighted by molar-refractivity contribution is 8.26. The first kappa shape index (κ1) is 23.1. The number of thioether (sulfide) groups is 1. The number of aromatic nitrogens is 2. The lowest BCUT2D eigenvalue weighted by molar-refractivity contribution is -0.122. The van der Waals surface area contributed by atoms with Crippen molar-refractivity contribution in [3.63, 3.8) is 0 Å². The van der Waals surface area contributed by atoms with E-state index in [1.807, 2.05) is 13.0 Å². The van der Waals surface area contributed by atoms with Crippen LogP contribution in [-0.4, -0.2) is 44.8 Å². The first-order valence-corrected chi connectivity index (χ1v) is 11.4. The van der Waals surface area contributed by atoms with Crippen molar-refractivity contribution in [3.05, 3.63) is 80.4 Å². The fourth-order valence-electron chi connectivity index (χ4n) is 3.33. The summed E-state index contributed by atoms with van der Waals surface area (Å²) in [5.41, 5.74) is 2.11. The highest BCUT2D eigenvalue weighted by atomic mass is 32.2. The number of aryl methyl sites for hydroxylation is 1. The lowest BCUT2D eigenvalue weighted by Gasteiger charge is -2.14. The maximum atomic E-state index is 13.3. The van der Waals surface area contributed by atoms with Crippen LogP contribution >= 0.6 is 24.0 Å². The van der Waals surface area contributed by atoms with Crippen molar-refractivity contribution in [3.8, 4) is 0 Å². The molecule has 0 saturated carbocycles. The van der Waals surface area contributed by atoms with Gasteiger partial charge in [0.1, 0.15) is 21.6 Å². The predicted molar refractivity (Wildman–Crippen MR) is 132 cm³/mol. The molecule has 3 heterocycles. The number of pyridine rings is 1. The lowest BCUT2D eigenvalue weighted by atomic mass is 10.2. The fraction of sp³-hybridized carbons (Fsp3) is 0.217. The molecule has 1 aliphatic heterocycles. The number of anilines is 1. The molecule has 1 aliphatic rings. The van der Waals surface area contributed by atoms with Gasteiger partial charge in [-0.1, -0.05) is 42.2 Å². The molecule has 1 aromatic carbocycles. The number of hydrogen-bond donors (Lipinski definition) is 1. The number of ether oxygens (including phenoxy) is 1. The Morgan fingerprint density at radius 1 is 1.21 bits per heavy atom. The van der Waals surface area contributed by atoms with Crippen LogP contribution in [0.4, 0.5) is 10.2 Å². The standard InChI is InChI=1S/C23H21FN4O3S2/c1-14-3-8-19-26-20(25-9-10-31-2)17(21(29)27(19)12-14)11-18-22(30)28(23(32)33-18)13-15-4-6-16(24)7-5-15/h3-8,11-12,25H,9-10,13H2,1-2H3/b18-11+. The summed E-state index contributed by atoms with van der Waals surface area (Å²) in [5, 5.41) is 3.12. The Kier molecular flexibility index (Phi) is 6.87. The molecule has 33 heavy (non-hydrogen) atoms. The normalized spacial score (nSPS) is 15.1. The second-order valence-corrected chi connectivity index (χ2v) is 9.10. The van der Waals surface area contributed by atoms with E-state index in [1.165, 1.54) is 27.5 Å². The molecular formula is C23H21FN4O3S2. The summed E-state index contributed by atoms with van der Waals surface area (Å²) >= 11 is 6.52. The molecule has 0 radical (unpaired) electrons. The van der Waals surface area contributed by atoms with E-state index in [1.54, 1.807) is 31.5 Å². The molecular weight excluding hydrogens is 463 g/mol. The quantitative estimate of drug-likeness (QED) is 0.312. The molecule has 2 aromatic heterocycles. The zero-order chi connectivity index (χ0) is 23.5. The molecule has 7 nitrogen and oxygen atoms in total. The van der Waals surface area contributed by atoms with Crippen LogP contribution in [0, 0.1) is 12.7 Å². The van der Waals surface area contributed by atoms with E-state index in [9.17, 15) is 14.0 Å². The average molecular weight is 485 g/mol. The molecule has 10 heteroatoms. The highest BCUT2D eigenvalue weighted by Gasteiger charge is 2.32. The molecule has 3 aromatic rings. The van der Waals surface area contributed by atoms with Gasteiger partial charge in [-0.25, -0.2) is 9.37 Å². The summed E-state index contributed by atoms with van der Waals surface area (Å²) in [4.78, 5) is 32.8. The van der Waals surface area contributed by atoms with Gasteiger partial charge in [0, 0.05) is 19.9 Å². The van der Waals surface area contributed by atoms with Crippen molar-refractivity contribution in [2.45, 2.75) is 13.5 Å². The van der Waals surface area contributed by atoms with Crippen LogP contribution in [0.5, 0.6) is 0 Å². The monoisotopic (exact) mass is 484 g/mol. The topological polar surface area (TPSA) is 75.9 Å². The van der Waals surface area contributed by atoms with Gasteiger partial charge >= 0.3 is 0 Å². The van der Waals surface area contributed by atoms with E-state index in [-0.39, 0.29) is 29.4 Å². The number of nitrogens with one attached hydrogen (secondary N) is 1. The molecule has 4 rings (SSSR count). The number of thiocarbonyl (C=S) groups is 1. The molecule has 1 saturated heterocycles. The molecule has 0 unspecified atom stereocenters. The minimum absolute atomic E-state index is 0.218. The molecule has 0 aliphatic carbocycles. The van der Waals surface area contributed by atoms with Gasteiger partial charge in [-0.05, 0) is 42.3 Å². The van der Waals surface area contributed by atoms with Gasteiger partial charge in [0.25, 0.3) is 11.5 Å². The minimum atomic E-state index is -0.350. The van der Waals surface area contributed by atoms with Gasteiger partial charge in [-0.3, -0.25) is 18.9 Å². The van der Waals surface area contributed by atoms with Crippen molar-refractivity contribution in [1.82, 2.24) is 14.3 Å². The third kappa shape index (κ3) is 4.97. The van der Waals surface area contributed by atoms with Gasteiger partial charge in [-0.2, -0.15) is 0 Å². The van der Waals surface area contributed by atoms with Crippen LogP contribution in [-0.2, 0) is 16.1 Å². The largest absolute Gasteiger partial charge is 0.383 e. The molecule has 0 atom stereocenters. The number of carbonyl (C=O) groups excluding carboxylic acids is 1. The Balaban J connectivity index is 1.72. The van der Waals surface area contributed by atoms with Crippen molar-refractivity contribution >= 4 is 51.7 Å². The van der Waals surface area contributed by atoms with E-state index >= 15 is 0 Å². The SMILES string of the molecule is COCCNc1nc2ccc(C)cn2c(=O)c1/C=C1/SC(=S)N(Cc2ccc(F)cc2)C1=O. The fourth-order valence-corrected chi connectivity index (χ4v) is 4.57. The number of fused-ring (bicyclic) bond motifs is 1. The average Bonchev–Trinajstić information content (AvgIpc) is 3.05. The summed E-state index contributed by atoms with van der Waals surface area (Å²) in [6, 6.07) is 9.54. The molecule has 0 spiro atoms. The Bertz CT molecular complexity index is 1320. The van der Waals surface area contributed by atoms with Gasteiger partial charge in [0.15, 0.2) is 0 Å². The minimum Gasteiger partial charge on any atom is -0.383 e. The van der Waals surface area contributed by atoms with Crippen molar-refractivity contribution in [1.29, 1.82) is 0 Å². The number of hydrogen-bond acceptors (Lipinski definition) is 7. The van der Waals surface area contributed by atoms with Crippen LogP contribution in [0.1, 0.15) is 16.7 Å². The number of rotatable bonds is 7. The zero-order valence-corrected chi connectivity index (χ0v) is 19.6. The number of benzene rings is 1. The summed E-state index contributed by atoms with van der Waals surface area (Å²) in [6.45, 7) is 2.97. The van der Waals surface area contributed by atoms with E-state index in [2.05, 4.69) is 10.3 Å². The van der Waals surface area contributed by atoms with E-state index < -0.39 is 0 Å². The smallest absolute Gasteiger partial charge is 0.267 e. The first-order chi connectivity index (χ1) is 15.9. The number of nitrogens with zero attached hydrogens (tertiary/aromatic N) is 3. The molecule has 170 valence electrons. The predicted octanol–water partition coefficient (Wildman–Crippen LogP) is 3.60. The Hall–Kier alpha value is -3.08. The van der Waals surface area contributed by atoms with Crippen molar-refractivity contribution < 1.29 is 13.9 Å². The number of carbonyl (C=O) groups is 1. The first-order valence-electron chi connectivity index (χ1n) is 10.1. The molecule has 1 N–H and O–H groups in total. The molecule has 1 fully saturated rings. The van der Waals surface area contributed by atoms with Crippen LogP contribution in [0.15, 0.2) is 52.3 Å². The third-order valence-corrected chi connectivity index (χ3v) is 6.38. The van der Waals surface area contributed by atoms with E-state index in [4.69, 9.17) is 17.0 Å². The van der Waals surface area contributed by atoms with Gasteiger partial charge in [0.05, 0.1) is 23.6 Å². The Morgan fingerprint density at radius 3 is 2.70 bits per heavy atom. The van der Waals surface area contributed by atoms with Gasteiger partial charge in [-0.15, -0.1) is 0 Å². The maximum Gasteiger partial charge on any atom is 0.267 e. The van der Waals surface area contributed by atoms with Gasteiger partial charge in [0.2, 0.25) is 0 Å². The summed E-state index contributed by atoms with van der Waals surface area (Å²) in [6.07, 6.45) is 3.24. The second-order valence-electron chi connectivity index (χ2n) is 7.43. The lowest BCUT2D eigenvalue weighted by Crippen LogP contribution is -2.27. The summed E-state index contributed by atoms with van der Waals surface area (Å²) < 4.78 is 20.1. The Labute approximate surface area is 199 Å². The highest BCUT2D eigenvalue weighted by Crippen LogP contribution is 2.34. The number of methoxy groups -OCH3 is 1. The van der Waals surface area contributed by atoms with Crippen molar-refractivity contribution in [2.75, 3.05) is 25.6 Å². The summed E-state index contributed by atoms with van der Waals surface area (Å²) in [7, 11) is 1.58. The number of amides is 1. The van der Waals surface area contributed by atoms with Crippen LogP contribution < -0.4 is 10.9 Å². The second kappa shape index (κ2) is 9.82. The molecule has 1 amide bonds. The van der Waals surface area contributed by atoms with Crippen LogP contribution in [0.25, 0.3) is 11.7 Å². The number of halogens is 1. The van der Waals surface area contributed by atoms with Gasteiger partial charge < -0.3 is 10.1 Å². The van der Waals surface area contributed by atoms with Crippen molar-refractivity contribution in [2.24, 2.45) is 0 Å². The summed E-state index contributed by atoms with van der Waals surface area (Å²) in [5.74, 6) is -0.298. The Morgan fingerprint density at radius 2 is 1.97 bits per heavy atom.